The number of carbonyl (C=O) groups excluding carboxylic acids is 4. The Kier molecular flexibility index (Phi) is 5.45. The lowest BCUT2D eigenvalue weighted by atomic mass is 10.0. The normalized spacial score (nSPS) is 13.6. The highest BCUT2D eigenvalue weighted by atomic mass is 16.5. The van der Waals surface area contributed by atoms with E-state index in [1.807, 2.05) is 0 Å². The van der Waals surface area contributed by atoms with Gasteiger partial charge in [-0.05, 0) is 30.7 Å². The summed E-state index contributed by atoms with van der Waals surface area (Å²) in [7, 11) is 0. The van der Waals surface area contributed by atoms with Crippen LogP contribution in [0.4, 0.5) is 5.69 Å². The van der Waals surface area contributed by atoms with Crippen molar-refractivity contribution >= 4 is 29.3 Å². The second kappa shape index (κ2) is 8.36. The summed E-state index contributed by atoms with van der Waals surface area (Å²) >= 11 is 0. The van der Waals surface area contributed by atoms with Crippen LogP contribution in [-0.4, -0.2) is 29.7 Å². The van der Waals surface area contributed by atoms with Gasteiger partial charge >= 0.3 is 5.97 Å². The van der Waals surface area contributed by atoms with E-state index in [1.165, 1.54) is 12.1 Å². The van der Waals surface area contributed by atoms with E-state index in [2.05, 4.69) is 0 Å². The molecule has 154 valence electrons. The fourth-order valence-electron chi connectivity index (χ4n) is 3.55. The molecule has 1 aliphatic rings. The highest BCUT2D eigenvalue weighted by molar-refractivity contribution is 6.35. The smallest absolute Gasteiger partial charge is 0.341 e. The van der Waals surface area contributed by atoms with Gasteiger partial charge in [0, 0.05) is 5.56 Å². The van der Waals surface area contributed by atoms with Crippen LogP contribution in [-0.2, 0) is 4.74 Å². The van der Waals surface area contributed by atoms with Crippen LogP contribution in [0.15, 0.2) is 78.9 Å². The molecule has 0 saturated heterocycles. The second-order valence-electron chi connectivity index (χ2n) is 7.04. The van der Waals surface area contributed by atoms with E-state index < -0.39 is 23.9 Å². The minimum absolute atomic E-state index is 0.0383. The molecule has 1 unspecified atom stereocenters. The molecule has 31 heavy (non-hydrogen) atoms. The molecule has 0 N–H and O–H groups in total. The van der Waals surface area contributed by atoms with Gasteiger partial charge in [0.15, 0.2) is 6.10 Å². The molecule has 6 nitrogen and oxygen atoms in total. The third kappa shape index (κ3) is 3.64. The van der Waals surface area contributed by atoms with Crippen molar-refractivity contribution in [2.45, 2.75) is 19.4 Å². The molecule has 3 aromatic carbocycles. The Bertz CT molecular complexity index is 1150. The molecular weight excluding hydrogens is 394 g/mol. The average Bonchev–Trinajstić information content (AvgIpc) is 3.07. The number of esters is 1. The molecule has 0 spiro atoms. The van der Waals surface area contributed by atoms with Crippen molar-refractivity contribution in [1.82, 2.24) is 0 Å². The fourth-order valence-corrected chi connectivity index (χ4v) is 3.55. The molecule has 0 bridgehead atoms. The first-order valence-corrected chi connectivity index (χ1v) is 9.90. The molecule has 0 fully saturated rings. The Morgan fingerprint density at radius 3 is 1.97 bits per heavy atom. The number of benzene rings is 3. The van der Waals surface area contributed by atoms with Crippen LogP contribution in [0.2, 0.25) is 0 Å². The lowest BCUT2D eigenvalue weighted by Crippen LogP contribution is -2.32. The number of anilines is 1. The number of rotatable bonds is 6. The molecule has 0 aliphatic carbocycles. The maximum absolute atomic E-state index is 13.0. The van der Waals surface area contributed by atoms with Gasteiger partial charge < -0.3 is 4.74 Å². The van der Waals surface area contributed by atoms with Gasteiger partial charge in [-0.1, -0.05) is 61.5 Å². The lowest BCUT2D eigenvalue weighted by Gasteiger charge is -2.20. The summed E-state index contributed by atoms with van der Waals surface area (Å²) < 4.78 is 5.51. The van der Waals surface area contributed by atoms with Gasteiger partial charge in [-0.25, -0.2) is 9.69 Å². The average molecular weight is 413 g/mol. The zero-order chi connectivity index (χ0) is 22.0. The maximum Gasteiger partial charge on any atom is 0.341 e. The predicted octanol–water partition coefficient (Wildman–Crippen LogP) is 4.31. The number of imide groups is 1. The van der Waals surface area contributed by atoms with Crippen LogP contribution in [0, 0.1) is 0 Å². The molecule has 1 heterocycles. The molecule has 2 amide bonds. The number of carbonyl (C=O) groups is 4. The molecule has 0 radical (unpaired) electrons. The van der Waals surface area contributed by atoms with E-state index in [0.717, 1.165) is 4.90 Å². The molecule has 4 rings (SSSR count). The van der Waals surface area contributed by atoms with Crippen LogP contribution in [0.1, 0.15) is 54.8 Å². The summed E-state index contributed by atoms with van der Waals surface area (Å²) in [5, 5.41) is 0. The molecule has 0 aromatic heterocycles. The van der Waals surface area contributed by atoms with Gasteiger partial charge in [0.05, 0.1) is 22.4 Å². The Balaban J connectivity index is 1.63. The quantitative estimate of drug-likeness (QED) is 0.342. The number of Topliss-reactive ketones (excluding diaryl/α,β-unsaturated/α-hetero) is 1. The maximum atomic E-state index is 13.0. The summed E-state index contributed by atoms with van der Waals surface area (Å²) in [5.41, 5.74) is 1.16. The molecule has 0 saturated carbocycles. The van der Waals surface area contributed by atoms with E-state index in [-0.39, 0.29) is 34.6 Å². The van der Waals surface area contributed by atoms with Crippen LogP contribution < -0.4 is 4.90 Å². The van der Waals surface area contributed by atoms with E-state index in [9.17, 15) is 19.2 Å². The molecular formula is C25H19NO5. The number of hydrogen-bond acceptors (Lipinski definition) is 5. The van der Waals surface area contributed by atoms with Crippen molar-refractivity contribution in [1.29, 1.82) is 0 Å². The Hall–Kier alpha value is -4.06. The monoisotopic (exact) mass is 413 g/mol. The highest BCUT2D eigenvalue weighted by Gasteiger charge is 2.38. The van der Waals surface area contributed by atoms with Crippen LogP contribution in [0.25, 0.3) is 0 Å². The zero-order valence-corrected chi connectivity index (χ0v) is 16.8. The van der Waals surface area contributed by atoms with Gasteiger partial charge in [-0.2, -0.15) is 0 Å². The lowest BCUT2D eigenvalue weighted by molar-refractivity contribution is 0.0278. The Labute approximate surface area is 179 Å². The number of hydrogen-bond donors (Lipinski definition) is 0. The van der Waals surface area contributed by atoms with E-state index >= 15 is 0 Å². The molecule has 1 atom stereocenters. The zero-order valence-electron chi connectivity index (χ0n) is 16.8. The summed E-state index contributed by atoms with van der Waals surface area (Å²) in [6, 6.07) is 21.3. The van der Waals surface area contributed by atoms with Crippen LogP contribution >= 0.6 is 0 Å². The van der Waals surface area contributed by atoms with Crippen molar-refractivity contribution in [3.8, 4) is 0 Å². The third-order valence-corrected chi connectivity index (χ3v) is 5.13. The number of amides is 2. The van der Waals surface area contributed by atoms with Gasteiger partial charge in [0.25, 0.3) is 11.8 Å². The van der Waals surface area contributed by atoms with E-state index in [4.69, 9.17) is 4.74 Å². The summed E-state index contributed by atoms with van der Waals surface area (Å²) in [5.74, 6) is -2.10. The van der Waals surface area contributed by atoms with Gasteiger partial charge in [-0.15, -0.1) is 0 Å². The molecule has 3 aromatic rings. The fraction of sp³-hybridized carbons (Fsp3) is 0.120. The van der Waals surface area contributed by atoms with Gasteiger partial charge in [0.1, 0.15) is 0 Å². The van der Waals surface area contributed by atoms with Crippen molar-refractivity contribution < 1.29 is 23.9 Å². The number of ether oxygens (including phenoxy) is 1. The number of fused-ring (bicyclic) bond motifs is 1. The van der Waals surface area contributed by atoms with Gasteiger partial charge in [0.2, 0.25) is 5.78 Å². The number of ketones is 1. The largest absolute Gasteiger partial charge is 0.450 e. The minimum Gasteiger partial charge on any atom is -0.450 e. The minimum atomic E-state index is -0.981. The van der Waals surface area contributed by atoms with Crippen molar-refractivity contribution in [3.05, 3.63) is 101 Å². The van der Waals surface area contributed by atoms with Crippen molar-refractivity contribution in [2.24, 2.45) is 0 Å². The van der Waals surface area contributed by atoms with Gasteiger partial charge in [-0.3, -0.25) is 14.4 Å². The SMILES string of the molecule is CCC(OC(=O)c1ccccc1N1C(=O)c2ccccc2C1=O)C(=O)c1ccccc1. The predicted molar refractivity (Wildman–Crippen MR) is 114 cm³/mol. The molecule has 6 heteroatoms. The van der Waals surface area contributed by atoms with Crippen molar-refractivity contribution in [3.63, 3.8) is 0 Å². The number of nitrogens with zero attached hydrogens (tertiary/aromatic N) is 1. The number of para-hydroxylation sites is 1. The highest BCUT2D eigenvalue weighted by Crippen LogP contribution is 2.31. The van der Waals surface area contributed by atoms with Crippen LogP contribution in [0.3, 0.4) is 0 Å². The van der Waals surface area contributed by atoms with Crippen molar-refractivity contribution in [2.75, 3.05) is 4.90 Å². The van der Waals surface area contributed by atoms with Crippen LogP contribution in [0.5, 0.6) is 0 Å². The molecule has 1 aliphatic heterocycles. The first-order valence-electron chi connectivity index (χ1n) is 9.90. The third-order valence-electron chi connectivity index (χ3n) is 5.13. The summed E-state index contributed by atoms with van der Waals surface area (Å²) in [6.07, 6.45) is -0.695. The van der Waals surface area contributed by atoms with E-state index in [0.29, 0.717) is 5.56 Å². The summed E-state index contributed by atoms with van der Waals surface area (Å²) in [6.45, 7) is 1.74. The first-order chi connectivity index (χ1) is 15.0. The Morgan fingerprint density at radius 1 is 0.806 bits per heavy atom. The topological polar surface area (TPSA) is 80.8 Å². The standard InChI is InChI=1S/C25H19NO5/c1-2-21(22(27)16-10-4-3-5-11-16)31-25(30)19-14-8-9-15-20(19)26-23(28)17-12-6-7-13-18(17)24(26)29/h3-15,21H,2H2,1H3. The Morgan fingerprint density at radius 2 is 1.35 bits per heavy atom. The van der Waals surface area contributed by atoms with E-state index in [1.54, 1.807) is 73.7 Å². The summed E-state index contributed by atoms with van der Waals surface area (Å²) in [4.78, 5) is 52.4. The first kappa shape index (κ1) is 20.2. The second-order valence-corrected chi connectivity index (χ2v) is 7.04.